The van der Waals surface area contributed by atoms with Crippen molar-refractivity contribution >= 4 is 23.2 Å². The zero-order valence-electron chi connectivity index (χ0n) is 8.09. The predicted molar refractivity (Wildman–Crippen MR) is 63.3 cm³/mol. The van der Waals surface area contributed by atoms with Crippen molar-refractivity contribution in [3.8, 4) is 11.1 Å². The van der Waals surface area contributed by atoms with Crippen LogP contribution in [-0.4, -0.2) is 4.98 Å². The van der Waals surface area contributed by atoms with E-state index >= 15 is 0 Å². The Balaban J connectivity index is 2.65. The molecule has 0 aliphatic heterocycles. The van der Waals surface area contributed by atoms with Crippen molar-refractivity contribution in [1.82, 2.24) is 4.98 Å². The first-order chi connectivity index (χ1) is 7.20. The first kappa shape index (κ1) is 10.5. The third-order valence-electron chi connectivity index (χ3n) is 2.19. The van der Waals surface area contributed by atoms with E-state index in [1.165, 1.54) is 0 Å². The Labute approximate surface area is 98.7 Å². The highest BCUT2D eigenvalue weighted by Gasteiger charge is 2.08. The standard InChI is InChI=1S/C12H8Cl2N/c1-8-7-15-6-5-9(8)10-3-2-4-11(13)12(10)14/h2-6H,1H3. The zero-order valence-corrected chi connectivity index (χ0v) is 9.60. The number of rotatable bonds is 1. The third-order valence-corrected chi connectivity index (χ3v) is 3.01. The fourth-order valence-electron chi connectivity index (χ4n) is 1.43. The summed E-state index contributed by atoms with van der Waals surface area (Å²) in [4.78, 5) is 3.92. The van der Waals surface area contributed by atoms with E-state index in [4.69, 9.17) is 23.2 Å². The fraction of sp³-hybridized carbons (Fsp3) is 0.0833. The smallest absolute Gasteiger partial charge is 0.0924 e. The lowest BCUT2D eigenvalue weighted by molar-refractivity contribution is 1.25. The lowest BCUT2D eigenvalue weighted by Gasteiger charge is -2.07. The van der Waals surface area contributed by atoms with Crippen LogP contribution in [0.2, 0.25) is 10.0 Å². The van der Waals surface area contributed by atoms with Crippen molar-refractivity contribution in [3.05, 3.63) is 52.3 Å². The molecule has 0 saturated heterocycles. The summed E-state index contributed by atoms with van der Waals surface area (Å²) in [5.41, 5.74) is 2.89. The summed E-state index contributed by atoms with van der Waals surface area (Å²) in [5.74, 6) is 0. The molecule has 1 radical (unpaired) electrons. The second-order valence-electron chi connectivity index (χ2n) is 3.20. The molecule has 15 heavy (non-hydrogen) atoms. The van der Waals surface area contributed by atoms with Gasteiger partial charge in [0.2, 0.25) is 0 Å². The third kappa shape index (κ3) is 1.99. The van der Waals surface area contributed by atoms with Crippen LogP contribution in [0.3, 0.4) is 0 Å². The molecule has 1 heterocycles. The summed E-state index contributed by atoms with van der Waals surface area (Å²) in [6, 6.07) is 7.49. The lowest BCUT2D eigenvalue weighted by Crippen LogP contribution is -1.86. The summed E-state index contributed by atoms with van der Waals surface area (Å²) >= 11 is 12.1. The van der Waals surface area contributed by atoms with Gasteiger partial charge in [0.25, 0.3) is 0 Å². The summed E-state index contributed by atoms with van der Waals surface area (Å²) in [7, 11) is 0. The fourth-order valence-corrected chi connectivity index (χ4v) is 1.84. The van der Waals surface area contributed by atoms with Crippen molar-refractivity contribution in [3.63, 3.8) is 0 Å². The number of pyridine rings is 1. The number of hydrogen-bond donors (Lipinski definition) is 0. The Hall–Kier alpha value is -1.05. The molecule has 0 N–H and O–H groups in total. The number of aryl methyl sites for hydroxylation is 1. The van der Waals surface area contributed by atoms with E-state index in [9.17, 15) is 0 Å². The van der Waals surface area contributed by atoms with Crippen LogP contribution in [0.5, 0.6) is 0 Å². The zero-order chi connectivity index (χ0) is 10.8. The molecule has 0 spiro atoms. The van der Waals surface area contributed by atoms with Crippen molar-refractivity contribution in [2.45, 2.75) is 6.92 Å². The van der Waals surface area contributed by atoms with Gasteiger partial charge in [0.15, 0.2) is 0 Å². The summed E-state index contributed by atoms with van der Waals surface area (Å²) in [6.07, 6.45) is 4.59. The van der Waals surface area contributed by atoms with E-state index in [2.05, 4.69) is 11.2 Å². The summed E-state index contributed by atoms with van der Waals surface area (Å²) in [6.45, 7) is 1.94. The number of benzene rings is 1. The molecule has 0 amide bonds. The molecule has 75 valence electrons. The molecular formula is C12H8Cl2N. The van der Waals surface area contributed by atoms with Crippen LogP contribution in [0.1, 0.15) is 5.56 Å². The Morgan fingerprint density at radius 2 is 1.93 bits per heavy atom. The molecule has 1 aromatic carbocycles. The molecular weight excluding hydrogens is 229 g/mol. The van der Waals surface area contributed by atoms with Gasteiger partial charge in [0, 0.05) is 11.8 Å². The van der Waals surface area contributed by atoms with Gasteiger partial charge >= 0.3 is 0 Å². The molecule has 0 saturated carbocycles. The highest BCUT2D eigenvalue weighted by Crippen LogP contribution is 2.34. The molecule has 2 rings (SSSR count). The minimum absolute atomic E-state index is 0.561. The molecule has 0 atom stereocenters. The Bertz CT molecular complexity index is 495. The lowest BCUT2D eigenvalue weighted by atomic mass is 10.0. The van der Waals surface area contributed by atoms with Crippen molar-refractivity contribution in [2.24, 2.45) is 0 Å². The van der Waals surface area contributed by atoms with Crippen LogP contribution in [0.15, 0.2) is 30.5 Å². The number of aromatic nitrogens is 1. The predicted octanol–water partition coefficient (Wildman–Crippen LogP) is 4.16. The Kier molecular flexibility index (Phi) is 2.94. The van der Waals surface area contributed by atoms with E-state index in [-0.39, 0.29) is 0 Å². The maximum absolute atomic E-state index is 6.13. The minimum atomic E-state index is 0.561. The monoisotopic (exact) mass is 236 g/mol. The normalized spacial score (nSPS) is 10.3. The molecule has 0 fully saturated rings. The van der Waals surface area contributed by atoms with E-state index in [1.807, 2.05) is 25.1 Å². The molecule has 1 nitrogen and oxygen atoms in total. The average Bonchev–Trinajstić information content (AvgIpc) is 2.23. The van der Waals surface area contributed by atoms with Gasteiger partial charge in [-0.3, -0.25) is 4.98 Å². The van der Waals surface area contributed by atoms with Gasteiger partial charge in [-0.2, -0.15) is 0 Å². The first-order valence-electron chi connectivity index (χ1n) is 4.48. The minimum Gasteiger partial charge on any atom is -0.254 e. The highest BCUT2D eigenvalue weighted by molar-refractivity contribution is 6.43. The summed E-state index contributed by atoms with van der Waals surface area (Å²) in [5, 5.41) is 1.13. The molecule has 0 unspecified atom stereocenters. The van der Waals surface area contributed by atoms with E-state index < -0.39 is 0 Å². The van der Waals surface area contributed by atoms with Gasteiger partial charge < -0.3 is 0 Å². The second-order valence-corrected chi connectivity index (χ2v) is 3.98. The van der Waals surface area contributed by atoms with Crippen LogP contribution in [-0.2, 0) is 0 Å². The van der Waals surface area contributed by atoms with Crippen molar-refractivity contribution in [2.75, 3.05) is 0 Å². The van der Waals surface area contributed by atoms with Crippen LogP contribution in [0, 0.1) is 13.1 Å². The van der Waals surface area contributed by atoms with Gasteiger partial charge in [0.05, 0.1) is 16.2 Å². The SMILES string of the molecule is Cc1[c]nccc1-c1cccc(Cl)c1Cl. The molecule has 0 aliphatic carbocycles. The van der Waals surface area contributed by atoms with Gasteiger partial charge in [0.1, 0.15) is 0 Å². The van der Waals surface area contributed by atoms with E-state index in [1.54, 1.807) is 12.3 Å². The average molecular weight is 237 g/mol. The molecule has 1 aromatic heterocycles. The number of nitrogens with zero attached hydrogens (tertiary/aromatic N) is 1. The van der Waals surface area contributed by atoms with Gasteiger partial charge in [-0.15, -0.1) is 0 Å². The largest absolute Gasteiger partial charge is 0.254 e. The van der Waals surface area contributed by atoms with Crippen LogP contribution >= 0.6 is 23.2 Å². The summed E-state index contributed by atoms with van der Waals surface area (Å²) < 4.78 is 0. The number of halogens is 2. The van der Waals surface area contributed by atoms with Crippen LogP contribution in [0.25, 0.3) is 11.1 Å². The first-order valence-corrected chi connectivity index (χ1v) is 5.23. The Morgan fingerprint density at radius 3 is 2.67 bits per heavy atom. The van der Waals surface area contributed by atoms with Crippen LogP contribution in [0.4, 0.5) is 0 Å². The maximum atomic E-state index is 6.13. The molecule has 2 aromatic rings. The quantitative estimate of drug-likeness (QED) is 0.725. The van der Waals surface area contributed by atoms with E-state index in [0.717, 1.165) is 16.7 Å². The highest BCUT2D eigenvalue weighted by atomic mass is 35.5. The van der Waals surface area contributed by atoms with E-state index in [0.29, 0.717) is 10.0 Å². The second kappa shape index (κ2) is 4.21. The number of hydrogen-bond acceptors (Lipinski definition) is 1. The van der Waals surface area contributed by atoms with Gasteiger partial charge in [-0.05, 0) is 30.2 Å². The topological polar surface area (TPSA) is 12.9 Å². The maximum Gasteiger partial charge on any atom is 0.0924 e. The van der Waals surface area contributed by atoms with Crippen molar-refractivity contribution < 1.29 is 0 Å². The van der Waals surface area contributed by atoms with Gasteiger partial charge in [-0.25, -0.2) is 0 Å². The molecule has 0 aliphatic rings. The molecule has 3 heteroatoms. The van der Waals surface area contributed by atoms with Crippen LogP contribution < -0.4 is 0 Å². The molecule has 0 bridgehead atoms. The Morgan fingerprint density at radius 1 is 1.13 bits per heavy atom. The van der Waals surface area contributed by atoms with Gasteiger partial charge in [-0.1, -0.05) is 35.3 Å². The van der Waals surface area contributed by atoms with Crippen molar-refractivity contribution in [1.29, 1.82) is 0 Å².